The van der Waals surface area contributed by atoms with Gasteiger partial charge in [-0.05, 0) is 12.1 Å². The number of aromatic nitrogens is 2. The molecule has 0 fully saturated rings. The van der Waals surface area contributed by atoms with Crippen molar-refractivity contribution in [1.82, 2.24) is 14.9 Å². The van der Waals surface area contributed by atoms with Crippen molar-refractivity contribution < 1.29 is 4.79 Å². The Morgan fingerprint density at radius 3 is 3.20 bits per heavy atom. The second-order valence-electron chi connectivity index (χ2n) is 3.33. The molecule has 78 valence electrons. The summed E-state index contributed by atoms with van der Waals surface area (Å²) < 4.78 is 1.80. The van der Waals surface area contributed by atoms with Gasteiger partial charge >= 0.3 is 0 Å². The van der Waals surface area contributed by atoms with Crippen molar-refractivity contribution in [3.63, 3.8) is 0 Å². The highest BCUT2D eigenvalue weighted by Gasteiger charge is 2.03. The normalized spacial score (nSPS) is 10.5. The van der Waals surface area contributed by atoms with Crippen LogP contribution in [0.2, 0.25) is 0 Å². The molecule has 0 aliphatic rings. The fraction of sp³-hybridized carbons (Fsp3) is 0.273. The summed E-state index contributed by atoms with van der Waals surface area (Å²) in [5.74, 6) is 0.0604. The molecular weight excluding hydrogens is 190 g/mol. The molecule has 2 heterocycles. The van der Waals surface area contributed by atoms with E-state index in [9.17, 15) is 4.79 Å². The standard InChI is InChI=1S/C11H13N3O/c1-2-11(15)12-7-9-8-13-14-6-4-3-5-10(9)14/h3-6,8H,2,7H2,1H3,(H,12,15). The van der Waals surface area contributed by atoms with Crippen molar-refractivity contribution in [2.45, 2.75) is 19.9 Å². The van der Waals surface area contributed by atoms with Crippen LogP contribution in [-0.4, -0.2) is 15.5 Å². The number of nitrogens with zero attached hydrogens (tertiary/aromatic N) is 2. The van der Waals surface area contributed by atoms with Crippen LogP contribution in [0.15, 0.2) is 30.6 Å². The highest BCUT2D eigenvalue weighted by Crippen LogP contribution is 2.09. The molecule has 0 spiro atoms. The van der Waals surface area contributed by atoms with E-state index in [0.717, 1.165) is 11.1 Å². The van der Waals surface area contributed by atoms with E-state index in [0.29, 0.717) is 13.0 Å². The molecule has 4 nitrogen and oxygen atoms in total. The van der Waals surface area contributed by atoms with Crippen LogP contribution in [0.3, 0.4) is 0 Å². The van der Waals surface area contributed by atoms with Crippen molar-refractivity contribution in [3.05, 3.63) is 36.2 Å². The summed E-state index contributed by atoms with van der Waals surface area (Å²) in [6, 6.07) is 5.87. The van der Waals surface area contributed by atoms with Crippen LogP contribution in [0.4, 0.5) is 0 Å². The maximum absolute atomic E-state index is 11.1. The lowest BCUT2D eigenvalue weighted by molar-refractivity contribution is -0.120. The Hall–Kier alpha value is -1.84. The smallest absolute Gasteiger partial charge is 0.219 e. The zero-order chi connectivity index (χ0) is 10.7. The molecule has 0 aliphatic carbocycles. The highest BCUT2D eigenvalue weighted by molar-refractivity contribution is 5.75. The molecule has 4 heteroatoms. The zero-order valence-corrected chi connectivity index (χ0v) is 8.60. The number of rotatable bonds is 3. The van der Waals surface area contributed by atoms with Gasteiger partial charge < -0.3 is 5.32 Å². The highest BCUT2D eigenvalue weighted by atomic mass is 16.1. The third-order valence-electron chi connectivity index (χ3n) is 2.30. The number of fused-ring (bicyclic) bond motifs is 1. The first kappa shape index (κ1) is 9.71. The third-order valence-corrected chi connectivity index (χ3v) is 2.30. The van der Waals surface area contributed by atoms with Gasteiger partial charge in [-0.15, -0.1) is 0 Å². The molecule has 0 atom stereocenters. The van der Waals surface area contributed by atoms with Crippen molar-refractivity contribution >= 4 is 11.4 Å². The maximum atomic E-state index is 11.1. The molecule has 15 heavy (non-hydrogen) atoms. The Labute approximate surface area is 87.9 Å². The lowest BCUT2D eigenvalue weighted by Crippen LogP contribution is -2.21. The van der Waals surface area contributed by atoms with Crippen LogP contribution in [0.25, 0.3) is 5.52 Å². The topological polar surface area (TPSA) is 46.4 Å². The van der Waals surface area contributed by atoms with Gasteiger partial charge in [0.15, 0.2) is 0 Å². The molecular formula is C11H13N3O. The van der Waals surface area contributed by atoms with Gasteiger partial charge in [0.05, 0.1) is 11.7 Å². The van der Waals surface area contributed by atoms with Crippen molar-refractivity contribution in [2.75, 3.05) is 0 Å². The lowest BCUT2D eigenvalue weighted by Gasteiger charge is -2.01. The minimum Gasteiger partial charge on any atom is -0.352 e. The van der Waals surface area contributed by atoms with Crippen LogP contribution in [0.1, 0.15) is 18.9 Å². The first-order valence-corrected chi connectivity index (χ1v) is 4.99. The summed E-state index contributed by atoms with van der Waals surface area (Å²) in [5, 5.41) is 7.02. The van der Waals surface area contributed by atoms with E-state index in [2.05, 4.69) is 10.4 Å². The van der Waals surface area contributed by atoms with Crippen LogP contribution in [0, 0.1) is 0 Å². The predicted octanol–water partition coefficient (Wildman–Crippen LogP) is 1.36. The van der Waals surface area contributed by atoms with Gasteiger partial charge in [-0.25, -0.2) is 4.52 Å². The van der Waals surface area contributed by atoms with E-state index in [4.69, 9.17) is 0 Å². The van der Waals surface area contributed by atoms with Crippen LogP contribution < -0.4 is 5.32 Å². The van der Waals surface area contributed by atoms with Gasteiger partial charge in [-0.3, -0.25) is 4.79 Å². The molecule has 0 bridgehead atoms. The SMILES string of the molecule is CCC(=O)NCc1cnn2ccccc12. The number of nitrogens with one attached hydrogen (secondary N) is 1. The van der Waals surface area contributed by atoms with Crippen molar-refractivity contribution in [1.29, 1.82) is 0 Å². The van der Waals surface area contributed by atoms with E-state index in [-0.39, 0.29) is 5.91 Å². The number of hydrogen-bond acceptors (Lipinski definition) is 2. The van der Waals surface area contributed by atoms with Gasteiger partial charge in [0.25, 0.3) is 0 Å². The molecule has 0 aliphatic heterocycles. The molecule has 2 rings (SSSR count). The van der Waals surface area contributed by atoms with E-state index < -0.39 is 0 Å². The zero-order valence-electron chi connectivity index (χ0n) is 8.60. The molecule has 0 radical (unpaired) electrons. The molecule has 0 saturated heterocycles. The Morgan fingerprint density at radius 1 is 1.53 bits per heavy atom. The second-order valence-corrected chi connectivity index (χ2v) is 3.33. The second kappa shape index (κ2) is 4.13. The van der Waals surface area contributed by atoms with Crippen molar-refractivity contribution in [2.24, 2.45) is 0 Å². The van der Waals surface area contributed by atoms with E-state index in [1.54, 1.807) is 10.7 Å². The largest absolute Gasteiger partial charge is 0.352 e. The monoisotopic (exact) mass is 203 g/mol. The molecule has 2 aromatic rings. The fourth-order valence-electron chi connectivity index (χ4n) is 1.44. The average molecular weight is 203 g/mol. The molecule has 1 amide bonds. The summed E-state index contributed by atoms with van der Waals surface area (Å²) in [7, 11) is 0. The Bertz CT molecular complexity index is 475. The number of amides is 1. The maximum Gasteiger partial charge on any atom is 0.219 e. The Morgan fingerprint density at radius 2 is 2.40 bits per heavy atom. The molecule has 0 aromatic carbocycles. The predicted molar refractivity (Wildman–Crippen MR) is 57.3 cm³/mol. The van der Waals surface area contributed by atoms with Gasteiger partial charge in [-0.1, -0.05) is 13.0 Å². The average Bonchev–Trinajstić information content (AvgIpc) is 2.69. The fourth-order valence-corrected chi connectivity index (χ4v) is 1.44. The van der Waals surface area contributed by atoms with Crippen LogP contribution in [-0.2, 0) is 11.3 Å². The first-order valence-electron chi connectivity index (χ1n) is 4.99. The minimum atomic E-state index is 0.0604. The summed E-state index contributed by atoms with van der Waals surface area (Å²) in [6.07, 6.45) is 4.19. The van der Waals surface area contributed by atoms with Gasteiger partial charge in [-0.2, -0.15) is 5.10 Å². The summed E-state index contributed by atoms with van der Waals surface area (Å²) in [4.78, 5) is 11.1. The summed E-state index contributed by atoms with van der Waals surface area (Å²) in [6.45, 7) is 2.38. The number of carbonyl (C=O) groups excluding carboxylic acids is 1. The third kappa shape index (κ3) is 1.98. The first-order chi connectivity index (χ1) is 7.31. The van der Waals surface area contributed by atoms with E-state index in [1.165, 1.54) is 0 Å². The van der Waals surface area contributed by atoms with Crippen molar-refractivity contribution in [3.8, 4) is 0 Å². The van der Waals surface area contributed by atoms with E-state index >= 15 is 0 Å². The number of hydrogen-bond donors (Lipinski definition) is 1. The van der Waals surface area contributed by atoms with Crippen LogP contribution in [0.5, 0.6) is 0 Å². The Kier molecular flexibility index (Phi) is 2.67. The van der Waals surface area contributed by atoms with Gasteiger partial charge in [0.2, 0.25) is 5.91 Å². The molecule has 0 saturated carbocycles. The number of carbonyl (C=O) groups is 1. The number of pyridine rings is 1. The Balaban J connectivity index is 2.18. The van der Waals surface area contributed by atoms with Gasteiger partial charge in [0.1, 0.15) is 0 Å². The summed E-state index contributed by atoms with van der Waals surface area (Å²) in [5.41, 5.74) is 2.08. The van der Waals surface area contributed by atoms with E-state index in [1.807, 2.05) is 31.3 Å². The quantitative estimate of drug-likeness (QED) is 0.818. The van der Waals surface area contributed by atoms with Crippen LogP contribution >= 0.6 is 0 Å². The molecule has 1 N–H and O–H groups in total. The van der Waals surface area contributed by atoms with Gasteiger partial charge in [0, 0.05) is 24.7 Å². The lowest BCUT2D eigenvalue weighted by atomic mass is 10.2. The minimum absolute atomic E-state index is 0.0604. The molecule has 2 aromatic heterocycles. The molecule has 0 unspecified atom stereocenters. The summed E-state index contributed by atoms with van der Waals surface area (Å²) >= 11 is 0.